The number of anilines is 1. The Morgan fingerprint density at radius 3 is 2.58 bits per heavy atom. The molecule has 1 spiro atoms. The second kappa shape index (κ2) is 5.58. The smallest absolute Gasteiger partial charge is 0.355 e. The largest absolute Gasteiger partial charge is 0.393 e. The molecule has 24 heavy (non-hydrogen) atoms. The minimum absolute atomic E-state index is 0.234. The number of rotatable bonds is 2. The summed E-state index contributed by atoms with van der Waals surface area (Å²) in [6.45, 7) is 4.04. The van der Waals surface area contributed by atoms with Gasteiger partial charge in [-0.3, -0.25) is 0 Å². The van der Waals surface area contributed by atoms with E-state index in [1.807, 2.05) is 0 Å². The van der Waals surface area contributed by atoms with E-state index in [1.54, 1.807) is 6.07 Å². The summed E-state index contributed by atoms with van der Waals surface area (Å²) in [5.41, 5.74) is 1.18. The topological polar surface area (TPSA) is 41.0 Å². The molecule has 2 aromatic rings. The first-order chi connectivity index (χ1) is 11.4. The fourth-order valence-corrected chi connectivity index (χ4v) is 3.87. The fraction of sp³-hybridized carbons (Fsp3) is 0.529. The number of benzene rings is 1. The van der Waals surface area contributed by atoms with Gasteiger partial charge in [-0.15, -0.1) is 0 Å². The van der Waals surface area contributed by atoms with Gasteiger partial charge in [-0.25, -0.2) is 9.97 Å². The predicted octanol–water partition coefficient (Wildman–Crippen LogP) is 2.92. The van der Waals surface area contributed by atoms with E-state index in [-0.39, 0.29) is 5.56 Å². The predicted molar refractivity (Wildman–Crippen MR) is 86.0 cm³/mol. The summed E-state index contributed by atoms with van der Waals surface area (Å²) in [5, 5.41) is 4.21. The third kappa shape index (κ3) is 2.92. The summed E-state index contributed by atoms with van der Waals surface area (Å²) in [6, 6.07) is 4.77. The molecule has 0 saturated carbocycles. The monoisotopic (exact) mass is 336 g/mol. The molecule has 0 bridgehead atoms. The molecule has 2 saturated heterocycles. The van der Waals surface area contributed by atoms with Crippen LogP contribution in [0.15, 0.2) is 24.5 Å². The molecule has 0 radical (unpaired) electrons. The Bertz CT molecular complexity index is 745. The highest BCUT2D eigenvalue weighted by Gasteiger charge is 2.44. The molecule has 1 aromatic carbocycles. The second-order valence-corrected chi connectivity index (χ2v) is 6.95. The lowest BCUT2D eigenvalue weighted by Gasteiger charge is -2.53. The van der Waals surface area contributed by atoms with Crippen molar-refractivity contribution in [3.63, 3.8) is 0 Å². The highest BCUT2D eigenvalue weighted by molar-refractivity contribution is 5.90. The molecule has 0 aliphatic carbocycles. The number of nitrogens with one attached hydrogen (secondary N) is 1. The number of nitrogens with zero attached hydrogens (tertiary/aromatic N) is 3. The Morgan fingerprint density at radius 2 is 1.88 bits per heavy atom. The number of piperidine rings is 1. The maximum atomic E-state index is 12.6. The average Bonchev–Trinajstić information content (AvgIpc) is 2.51. The van der Waals surface area contributed by atoms with E-state index in [0.29, 0.717) is 10.9 Å². The van der Waals surface area contributed by atoms with Gasteiger partial charge in [0.15, 0.2) is 0 Å². The summed E-state index contributed by atoms with van der Waals surface area (Å²) < 4.78 is 37.7. The number of halogens is 3. The van der Waals surface area contributed by atoms with Gasteiger partial charge in [0.25, 0.3) is 0 Å². The highest BCUT2D eigenvalue weighted by Crippen LogP contribution is 2.42. The van der Waals surface area contributed by atoms with Crippen LogP contribution in [0.1, 0.15) is 18.4 Å². The van der Waals surface area contributed by atoms with Crippen LogP contribution in [-0.4, -0.2) is 42.3 Å². The Morgan fingerprint density at radius 1 is 1.12 bits per heavy atom. The van der Waals surface area contributed by atoms with Crippen LogP contribution in [0, 0.1) is 5.41 Å². The zero-order valence-corrected chi connectivity index (χ0v) is 13.2. The van der Waals surface area contributed by atoms with E-state index >= 15 is 0 Å². The summed E-state index contributed by atoms with van der Waals surface area (Å²) in [6.07, 6.45) is -1.35. The van der Waals surface area contributed by atoms with Crippen LogP contribution >= 0.6 is 0 Å². The third-order valence-electron chi connectivity index (χ3n) is 5.10. The summed E-state index contributed by atoms with van der Waals surface area (Å²) in [5.74, 6) is 0.836. The van der Waals surface area contributed by atoms with Crippen LogP contribution in [-0.2, 0) is 6.42 Å². The van der Waals surface area contributed by atoms with Gasteiger partial charge in [-0.1, -0.05) is 6.07 Å². The first kappa shape index (κ1) is 15.6. The van der Waals surface area contributed by atoms with E-state index < -0.39 is 12.6 Å². The molecule has 2 aliphatic rings. The van der Waals surface area contributed by atoms with Crippen LogP contribution < -0.4 is 10.2 Å². The molecule has 4 nitrogen and oxygen atoms in total. The van der Waals surface area contributed by atoms with Crippen molar-refractivity contribution in [2.24, 2.45) is 5.41 Å². The van der Waals surface area contributed by atoms with E-state index in [4.69, 9.17) is 0 Å². The first-order valence-corrected chi connectivity index (χ1v) is 8.20. The minimum Gasteiger partial charge on any atom is -0.355 e. The van der Waals surface area contributed by atoms with Gasteiger partial charge in [0.05, 0.1) is 11.9 Å². The molecule has 2 fully saturated rings. The van der Waals surface area contributed by atoms with Crippen molar-refractivity contribution in [2.75, 3.05) is 31.1 Å². The Labute approximate surface area is 138 Å². The van der Waals surface area contributed by atoms with E-state index in [2.05, 4.69) is 20.2 Å². The van der Waals surface area contributed by atoms with Crippen molar-refractivity contribution in [3.05, 3.63) is 30.1 Å². The number of hydrogen-bond acceptors (Lipinski definition) is 4. The maximum Gasteiger partial charge on any atom is 0.393 e. The minimum atomic E-state index is -4.21. The normalized spacial score (nSPS) is 20.4. The molecule has 1 aromatic heterocycles. The maximum absolute atomic E-state index is 12.6. The highest BCUT2D eigenvalue weighted by atomic mass is 19.4. The molecule has 1 N–H and O–H groups in total. The van der Waals surface area contributed by atoms with Crippen molar-refractivity contribution in [1.82, 2.24) is 15.3 Å². The standard InChI is InChI=1S/C17H19F3N4/c18-17(19,20)8-12-1-2-13-14(7-12)22-11-23-15(13)24-9-16(10-24)3-5-21-6-4-16/h1-2,7,11,21H,3-6,8-10H2. The Kier molecular flexibility index (Phi) is 3.63. The average molecular weight is 336 g/mol. The fourth-order valence-electron chi connectivity index (χ4n) is 3.87. The second-order valence-electron chi connectivity index (χ2n) is 6.95. The number of aromatic nitrogens is 2. The van der Waals surface area contributed by atoms with Gasteiger partial charge in [0, 0.05) is 23.9 Å². The quantitative estimate of drug-likeness (QED) is 0.916. The number of fused-ring (bicyclic) bond motifs is 1. The number of alkyl halides is 3. The Hall–Kier alpha value is -1.89. The van der Waals surface area contributed by atoms with Gasteiger partial charge in [-0.2, -0.15) is 13.2 Å². The van der Waals surface area contributed by atoms with Crippen molar-refractivity contribution in [1.29, 1.82) is 0 Å². The SMILES string of the molecule is FC(F)(F)Cc1ccc2c(N3CC4(CCNCC4)C3)ncnc2c1. The lowest BCUT2D eigenvalue weighted by Crippen LogP contribution is -2.60. The van der Waals surface area contributed by atoms with Gasteiger partial charge in [-0.05, 0) is 43.6 Å². The van der Waals surface area contributed by atoms with Crippen LogP contribution in [0.2, 0.25) is 0 Å². The first-order valence-electron chi connectivity index (χ1n) is 8.20. The van der Waals surface area contributed by atoms with E-state index in [1.165, 1.54) is 31.3 Å². The van der Waals surface area contributed by atoms with Crippen molar-refractivity contribution in [3.8, 4) is 0 Å². The van der Waals surface area contributed by atoms with Crippen LogP contribution in [0.5, 0.6) is 0 Å². The van der Waals surface area contributed by atoms with Crippen molar-refractivity contribution in [2.45, 2.75) is 25.4 Å². The van der Waals surface area contributed by atoms with Gasteiger partial charge in [0.2, 0.25) is 0 Å². The molecule has 0 unspecified atom stereocenters. The molecule has 2 aliphatic heterocycles. The van der Waals surface area contributed by atoms with Crippen molar-refractivity contribution < 1.29 is 13.2 Å². The summed E-state index contributed by atoms with van der Waals surface area (Å²) >= 11 is 0. The zero-order chi connectivity index (χ0) is 16.8. The van der Waals surface area contributed by atoms with E-state index in [0.717, 1.165) is 37.4 Å². The van der Waals surface area contributed by atoms with Crippen molar-refractivity contribution >= 4 is 16.7 Å². The zero-order valence-electron chi connectivity index (χ0n) is 13.2. The summed E-state index contributed by atoms with van der Waals surface area (Å²) in [4.78, 5) is 10.8. The molecule has 0 amide bonds. The van der Waals surface area contributed by atoms with Gasteiger partial charge < -0.3 is 10.2 Å². The molecular formula is C17H19F3N4. The molecular weight excluding hydrogens is 317 g/mol. The molecule has 0 atom stereocenters. The number of hydrogen-bond donors (Lipinski definition) is 1. The molecule has 128 valence electrons. The van der Waals surface area contributed by atoms with Gasteiger partial charge >= 0.3 is 6.18 Å². The van der Waals surface area contributed by atoms with Crippen LogP contribution in [0.25, 0.3) is 10.9 Å². The van der Waals surface area contributed by atoms with E-state index in [9.17, 15) is 13.2 Å². The van der Waals surface area contributed by atoms with Crippen LogP contribution in [0.3, 0.4) is 0 Å². The summed E-state index contributed by atoms with van der Waals surface area (Å²) in [7, 11) is 0. The molecule has 4 rings (SSSR count). The molecule has 7 heteroatoms. The lowest BCUT2D eigenvalue weighted by atomic mass is 9.72. The molecule has 3 heterocycles. The lowest BCUT2D eigenvalue weighted by molar-refractivity contribution is -0.127. The Balaban J connectivity index is 1.58. The third-order valence-corrected chi connectivity index (χ3v) is 5.10. The van der Waals surface area contributed by atoms with Gasteiger partial charge in [0.1, 0.15) is 12.1 Å². The van der Waals surface area contributed by atoms with Crippen LogP contribution in [0.4, 0.5) is 19.0 Å².